The van der Waals surface area contributed by atoms with Crippen molar-refractivity contribution in [3.63, 3.8) is 0 Å². The van der Waals surface area contributed by atoms with Gasteiger partial charge < -0.3 is 10.2 Å². The van der Waals surface area contributed by atoms with E-state index in [1.807, 2.05) is 42.5 Å². The number of nitrogens with zero attached hydrogens (tertiary/aromatic N) is 2. The summed E-state index contributed by atoms with van der Waals surface area (Å²) in [7, 11) is 2.16. The summed E-state index contributed by atoms with van der Waals surface area (Å²) in [5.41, 5.74) is 3.03. The third-order valence-corrected chi connectivity index (χ3v) is 5.24. The first-order valence-electron chi connectivity index (χ1n) is 8.83. The van der Waals surface area contributed by atoms with Crippen molar-refractivity contribution in [1.82, 2.24) is 9.80 Å². The fourth-order valence-corrected chi connectivity index (χ4v) is 3.39. The van der Waals surface area contributed by atoms with E-state index in [0.717, 1.165) is 48.4 Å². The minimum Gasteiger partial charge on any atom is -0.323 e. The van der Waals surface area contributed by atoms with E-state index < -0.39 is 0 Å². The number of amides is 1. The number of nitrogens with one attached hydrogen (secondary N) is 1. The van der Waals surface area contributed by atoms with Crippen molar-refractivity contribution < 1.29 is 4.79 Å². The molecule has 1 fully saturated rings. The molecular formula is C21H24BrN3O. The van der Waals surface area contributed by atoms with E-state index in [1.54, 1.807) is 6.08 Å². The number of halogens is 1. The van der Waals surface area contributed by atoms with Crippen LogP contribution in [-0.4, -0.2) is 48.9 Å². The molecule has 1 amide bonds. The Hall–Kier alpha value is -1.95. The minimum atomic E-state index is -0.127. The standard InChI is InChI=1S/C21H24BrN3O/c1-24-11-13-25(14-12-24)16-17-5-4-7-19(15-17)23-21(26)10-9-18-6-2-3-8-20(18)22/h2-10,15H,11-14,16H2,1H3,(H,23,26). The van der Waals surface area contributed by atoms with Crippen molar-refractivity contribution in [3.05, 3.63) is 70.2 Å². The maximum Gasteiger partial charge on any atom is 0.248 e. The third-order valence-electron chi connectivity index (χ3n) is 4.52. The minimum absolute atomic E-state index is 0.127. The second-order valence-electron chi connectivity index (χ2n) is 6.62. The summed E-state index contributed by atoms with van der Waals surface area (Å²) in [6, 6.07) is 15.9. The number of benzene rings is 2. The van der Waals surface area contributed by atoms with Crippen LogP contribution in [-0.2, 0) is 11.3 Å². The quantitative estimate of drug-likeness (QED) is 0.756. The van der Waals surface area contributed by atoms with Crippen molar-refractivity contribution in [2.45, 2.75) is 6.54 Å². The Labute approximate surface area is 163 Å². The smallest absolute Gasteiger partial charge is 0.248 e. The van der Waals surface area contributed by atoms with Gasteiger partial charge in [0, 0.05) is 49.0 Å². The Morgan fingerprint density at radius 1 is 1.12 bits per heavy atom. The van der Waals surface area contributed by atoms with Crippen LogP contribution in [0.5, 0.6) is 0 Å². The molecule has 0 unspecified atom stereocenters. The third kappa shape index (κ3) is 5.53. The fraction of sp³-hybridized carbons (Fsp3) is 0.286. The fourth-order valence-electron chi connectivity index (χ4n) is 2.97. The summed E-state index contributed by atoms with van der Waals surface area (Å²) in [6.07, 6.45) is 3.38. The molecule has 4 nitrogen and oxygen atoms in total. The zero-order chi connectivity index (χ0) is 18.4. The molecule has 2 aromatic rings. The molecule has 1 N–H and O–H groups in total. The Bertz CT molecular complexity index is 782. The van der Waals surface area contributed by atoms with Gasteiger partial charge in [-0.25, -0.2) is 0 Å². The van der Waals surface area contributed by atoms with Crippen LogP contribution in [0.1, 0.15) is 11.1 Å². The molecule has 1 aliphatic heterocycles. The average Bonchev–Trinajstić information content (AvgIpc) is 2.63. The molecule has 1 saturated heterocycles. The highest BCUT2D eigenvalue weighted by Gasteiger charge is 2.13. The number of carbonyl (C=O) groups excluding carboxylic acids is 1. The molecule has 0 aliphatic carbocycles. The normalized spacial score (nSPS) is 16.1. The van der Waals surface area contributed by atoms with Crippen LogP contribution in [0.3, 0.4) is 0 Å². The van der Waals surface area contributed by atoms with Gasteiger partial charge in [-0.1, -0.05) is 46.3 Å². The zero-order valence-electron chi connectivity index (χ0n) is 15.0. The first-order chi connectivity index (χ1) is 12.6. The van der Waals surface area contributed by atoms with Crippen molar-refractivity contribution in [3.8, 4) is 0 Å². The number of anilines is 1. The topological polar surface area (TPSA) is 35.6 Å². The second kappa shape index (κ2) is 9.12. The van der Waals surface area contributed by atoms with Crippen LogP contribution in [0.15, 0.2) is 59.1 Å². The largest absolute Gasteiger partial charge is 0.323 e. The molecular weight excluding hydrogens is 390 g/mol. The van der Waals surface area contributed by atoms with Gasteiger partial charge >= 0.3 is 0 Å². The summed E-state index contributed by atoms with van der Waals surface area (Å²) >= 11 is 3.48. The number of hydrogen-bond donors (Lipinski definition) is 1. The molecule has 5 heteroatoms. The number of hydrogen-bond acceptors (Lipinski definition) is 3. The van der Waals surface area contributed by atoms with Crippen LogP contribution in [0.2, 0.25) is 0 Å². The molecule has 0 saturated carbocycles. The molecule has 136 valence electrons. The summed E-state index contributed by atoms with van der Waals surface area (Å²) in [6.45, 7) is 5.31. The highest BCUT2D eigenvalue weighted by atomic mass is 79.9. The van der Waals surface area contributed by atoms with E-state index in [-0.39, 0.29) is 5.91 Å². The maximum absolute atomic E-state index is 12.2. The SMILES string of the molecule is CN1CCN(Cc2cccc(NC(=O)C=Cc3ccccc3Br)c2)CC1. The van der Waals surface area contributed by atoms with Gasteiger partial charge in [0.25, 0.3) is 0 Å². The van der Waals surface area contributed by atoms with Crippen molar-refractivity contribution >= 4 is 33.6 Å². The van der Waals surface area contributed by atoms with E-state index in [4.69, 9.17) is 0 Å². The van der Waals surface area contributed by atoms with Gasteiger partial charge in [0.15, 0.2) is 0 Å². The highest BCUT2D eigenvalue weighted by molar-refractivity contribution is 9.10. The van der Waals surface area contributed by atoms with E-state index in [2.05, 4.69) is 50.2 Å². The second-order valence-corrected chi connectivity index (χ2v) is 7.48. The van der Waals surface area contributed by atoms with Gasteiger partial charge in [0.05, 0.1) is 0 Å². The average molecular weight is 414 g/mol. The molecule has 1 aliphatic rings. The lowest BCUT2D eigenvalue weighted by Crippen LogP contribution is -2.43. The first-order valence-corrected chi connectivity index (χ1v) is 9.63. The summed E-state index contributed by atoms with van der Waals surface area (Å²) in [5, 5.41) is 2.95. The summed E-state index contributed by atoms with van der Waals surface area (Å²) < 4.78 is 0.971. The Morgan fingerprint density at radius 2 is 1.88 bits per heavy atom. The van der Waals surface area contributed by atoms with Crippen molar-refractivity contribution in [2.75, 3.05) is 38.5 Å². The van der Waals surface area contributed by atoms with Crippen LogP contribution in [0.4, 0.5) is 5.69 Å². The number of carbonyl (C=O) groups is 1. The molecule has 2 aromatic carbocycles. The van der Waals surface area contributed by atoms with Gasteiger partial charge in [-0.2, -0.15) is 0 Å². The first kappa shape index (κ1) is 18.8. The molecule has 3 rings (SSSR count). The van der Waals surface area contributed by atoms with Crippen molar-refractivity contribution in [2.24, 2.45) is 0 Å². The van der Waals surface area contributed by atoms with Crippen LogP contribution in [0, 0.1) is 0 Å². The molecule has 0 radical (unpaired) electrons. The van der Waals surface area contributed by atoms with E-state index in [9.17, 15) is 4.79 Å². The van der Waals surface area contributed by atoms with Gasteiger partial charge in [0.1, 0.15) is 0 Å². The lowest BCUT2D eigenvalue weighted by atomic mass is 10.1. The molecule has 0 bridgehead atoms. The maximum atomic E-state index is 12.2. The van der Waals surface area contributed by atoms with E-state index in [0.29, 0.717) is 0 Å². The van der Waals surface area contributed by atoms with E-state index in [1.165, 1.54) is 5.56 Å². The predicted molar refractivity (Wildman–Crippen MR) is 111 cm³/mol. The summed E-state index contributed by atoms with van der Waals surface area (Å²) in [5.74, 6) is -0.127. The van der Waals surface area contributed by atoms with E-state index >= 15 is 0 Å². The van der Waals surface area contributed by atoms with Gasteiger partial charge in [-0.3, -0.25) is 9.69 Å². The lowest BCUT2D eigenvalue weighted by molar-refractivity contribution is -0.111. The van der Waals surface area contributed by atoms with Crippen LogP contribution in [0.25, 0.3) is 6.08 Å². The van der Waals surface area contributed by atoms with Gasteiger partial charge in [-0.15, -0.1) is 0 Å². The molecule has 0 atom stereocenters. The number of piperazine rings is 1. The zero-order valence-corrected chi connectivity index (χ0v) is 16.6. The molecule has 0 aromatic heterocycles. The number of likely N-dealkylation sites (N-methyl/N-ethyl adjacent to an activating group) is 1. The Balaban J connectivity index is 1.58. The van der Waals surface area contributed by atoms with Crippen molar-refractivity contribution in [1.29, 1.82) is 0 Å². The van der Waals surface area contributed by atoms with Crippen LogP contribution < -0.4 is 5.32 Å². The monoisotopic (exact) mass is 413 g/mol. The van der Waals surface area contributed by atoms with Gasteiger partial charge in [-0.05, 0) is 42.4 Å². The molecule has 0 spiro atoms. The molecule has 26 heavy (non-hydrogen) atoms. The number of rotatable bonds is 5. The molecule has 1 heterocycles. The predicted octanol–water partition coefficient (Wildman–Crippen LogP) is 3.85. The highest BCUT2D eigenvalue weighted by Crippen LogP contribution is 2.18. The Kier molecular flexibility index (Phi) is 6.61. The van der Waals surface area contributed by atoms with Gasteiger partial charge in [0.2, 0.25) is 5.91 Å². The lowest BCUT2D eigenvalue weighted by Gasteiger charge is -2.32. The summed E-state index contributed by atoms with van der Waals surface area (Å²) in [4.78, 5) is 17.0. The van der Waals surface area contributed by atoms with Crippen LogP contribution >= 0.6 is 15.9 Å². The Morgan fingerprint density at radius 3 is 2.65 bits per heavy atom.